The van der Waals surface area contributed by atoms with Crippen molar-refractivity contribution in [2.24, 2.45) is 0 Å². The van der Waals surface area contributed by atoms with Crippen LogP contribution in [-0.2, 0) is 0 Å². The molecule has 0 unspecified atom stereocenters. The number of nitrogens with zero attached hydrogens (tertiary/aromatic N) is 1. The van der Waals surface area contributed by atoms with E-state index >= 15 is 0 Å². The summed E-state index contributed by atoms with van der Waals surface area (Å²) in [6.07, 6.45) is 0. The van der Waals surface area contributed by atoms with Crippen LogP contribution in [0.2, 0.25) is 0 Å². The van der Waals surface area contributed by atoms with E-state index in [2.05, 4.69) is 5.32 Å². The molecule has 1 N–H and O–H groups in total. The topological polar surface area (TPSA) is 15.3 Å². The molecule has 0 amide bonds. The van der Waals surface area contributed by atoms with Gasteiger partial charge in [0.1, 0.15) is 17.3 Å². The van der Waals surface area contributed by atoms with Crippen LogP contribution in [0.4, 0.5) is 25.8 Å². The van der Waals surface area contributed by atoms with Crippen molar-refractivity contribution in [2.75, 3.05) is 24.3 Å². The fourth-order valence-electron chi connectivity index (χ4n) is 1.60. The van der Waals surface area contributed by atoms with Crippen molar-refractivity contribution in [3.05, 3.63) is 54.1 Å². The van der Waals surface area contributed by atoms with Crippen molar-refractivity contribution < 1.29 is 8.78 Å². The third-order valence-electron chi connectivity index (χ3n) is 2.62. The molecule has 94 valence electrons. The van der Waals surface area contributed by atoms with Crippen LogP contribution in [0.1, 0.15) is 0 Å². The van der Waals surface area contributed by atoms with Crippen molar-refractivity contribution in [2.45, 2.75) is 0 Å². The lowest BCUT2D eigenvalue weighted by Crippen LogP contribution is -2.08. The molecule has 2 rings (SSSR count). The van der Waals surface area contributed by atoms with E-state index in [1.165, 1.54) is 18.2 Å². The number of anilines is 3. The molecule has 0 fully saturated rings. The number of benzene rings is 2. The lowest BCUT2D eigenvalue weighted by atomic mass is 10.2. The van der Waals surface area contributed by atoms with E-state index in [1.807, 2.05) is 31.1 Å². The first kappa shape index (κ1) is 12.4. The van der Waals surface area contributed by atoms with E-state index in [1.54, 1.807) is 12.1 Å². The highest BCUT2D eigenvalue weighted by Crippen LogP contribution is 2.24. The Balaban J connectivity index is 2.24. The third-order valence-corrected chi connectivity index (χ3v) is 2.62. The largest absolute Gasteiger partial charge is 0.378 e. The van der Waals surface area contributed by atoms with Crippen molar-refractivity contribution >= 4 is 17.1 Å². The summed E-state index contributed by atoms with van der Waals surface area (Å²) < 4.78 is 26.9. The number of hydrogen-bond donors (Lipinski definition) is 1. The Bertz CT molecular complexity index is 516. The van der Waals surface area contributed by atoms with Gasteiger partial charge in [0.15, 0.2) is 0 Å². The van der Waals surface area contributed by atoms with Crippen LogP contribution in [-0.4, -0.2) is 14.1 Å². The van der Waals surface area contributed by atoms with Gasteiger partial charge in [0.25, 0.3) is 0 Å². The minimum Gasteiger partial charge on any atom is -0.378 e. The molecule has 18 heavy (non-hydrogen) atoms. The summed E-state index contributed by atoms with van der Waals surface area (Å²) in [6, 6.07) is 11.1. The summed E-state index contributed by atoms with van der Waals surface area (Å²) >= 11 is 0. The third kappa shape index (κ3) is 2.59. The molecule has 0 bridgehead atoms. The molecule has 2 aromatic carbocycles. The maximum absolute atomic E-state index is 13.4. The average Bonchev–Trinajstić information content (AvgIpc) is 2.34. The van der Waals surface area contributed by atoms with Gasteiger partial charge < -0.3 is 10.2 Å². The minimum absolute atomic E-state index is 0.130. The molecule has 0 aromatic heterocycles. The summed E-state index contributed by atoms with van der Waals surface area (Å²) in [5, 5.41) is 2.74. The van der Waals surface area contributed by atoms with Gasteiger partial charge in [0, 0.05) is 25.5 Å². The summed E-state index contributed by atoms with van der Waals surface area (Å²) in [5.41, 5.74) is 1.54. The lowest BCUT2D eigenvalue weighted by Gasteiger charge is -2.13. The number of rotatable bonds is 3. The fourth-order valence-corrected chi connectivity index (χ4v) is 1.60. The lowest BCUT2D eigenvalue weighted by molar-refractivity contribution is 0.591. The van der Waals surface area contributed by atoms with Crippen molar-refractivity contribution in [3.63, 3.8) is 0 Å². The highest BCUT2D eigenvalue weighted by Gasteiger charge is 2.08. The predicted octanol–water partition coefficient (Wildman–Crippen LogP) is 3.77. The standard InChI is InChI=1S/C14H14F2N2/c1-18(2)11-8-6-10(7-9-11)17-14-12(15)4-3-5-13(14)16/h3-9,17H,1-2H3. The Labute approximate surface area is 105 Å². The van der Waals surface area contributed by atoms with Crippen molar-refractivity contribution in [1.29, 1.82) is 0 Å². The van der Waals surface area contributed by atoms with E-state index in [0.29, 0.717) is 5.69 Å². The Hall–Kier alpha value is -2.10. The first-order valence-corrected chi connectivity index (χ1v) is 5.56. The highest BCUT2D eigenvalue weighted by atomic mass is 19.1. The summed E-state index contributed by atoms with van der Waals surface area (Å²) in [5.74, 6) is -1.21. The average molecular weight is 248 g/mol. The predicted molar refractivity (Wildman–Crippen MR) is 70.4 cm³/mol. The van der Waals surface area contributed by atoms with Crippen LogP contribution in [0.5, 0.6) is 0 Å². The molecule has 0 spiro atoms. The van der Waals surface area contributed by atoms with Gasteiger partial charge in [-0.25, -0.2) is 8.78 Å². The van der Waals surface area contributed by atoms with Gasteiger partial charge in [-0.1, -0.05) is 6.07 Å². The summed E-state index contributed by atoms with van der Waals surface area (Å²) in [4.78, 5) is 1.95. The fraction of sp³-hybridized carbons (Fsp3) is 0.143. The molecule has 0 aliphatic heterocycles. The maximum Gasteiger partial charge on any atom is 0.149 e. The molecule has 0 saturated heterocycles. The Kier molecular flexibility index (Phi) is 3.46. The van der Waals surface area contributed by atoms with E-state index in [-0.39, 0.29) is 5.69 Å². The molecule has 0 aliphatic rings. The zero-order valence-electron chi connectivity index (χ0n) is 10.2. The Morgan fingerprint density at radius 3 is 1.94 bits per heavy atom. The monoisotopic (exact) mass is 248 g/mol. The zero-order chi connectivity index (χ0) is 13.1. The zero-order valence-corrected chi connectivity index (χ0v) is 10.2. The van der Waals surface area contributed by atoms with Crippen LogP contribution >= 0.6 is 0 Å². The second-order valence-electron chi connectivity index (χ2n) is 4.16. The Morgan fingerprint density at radius 1 is 0.889 bits per heavy atom. The second kappa shape index (κ2) is 5.04. The number of nitrogens with one attached hydrogen (secondary N) is 1. The van der Waals surface area contributed by atoms with Gasteiger partial charge in [0.05, 0.1) is 0 Å². The first-order valence-electron chi connectivity index (χ1n) is 5.56. The minimum atomic E-state index is -0.605. The molecule has 2 nitrogen and oxygen atoms in total. The van der Waals surface area contributed by atoms with Gasteiger partial charge in [-0.3, -0.25) is 0 Å². The van der Waals surface area contributed by atoms with Crippen molar-refractivity contribution in [3.8, 4) is 0 Å². The molecule has 0 atom stereocenters. The molecule has 0 saturated carbocycles. The van der Waals surface area contributed by atoms with Crippen LogP contribution < -0.4 is 10.2 Å². The van der Waals surface area contributed by atoms with Crippen molar-refractivity contribution in [1.82, 2.24) is 0 Å². The SMILES string of the molecule is CN(C)c1ccc(Nc2c(F)cccc2F)cc1. The summed E-state index contributed by atoms with van der Waals surface area (Å²) in [6.45, 7) is 0. The number of halogens is 2. The smallest absolute Gasteiger partial charge is 0.149 e. The quantitative estimate of drug-likeness (QED) is 0.889. The van der Waals surface area contributed by atoms with E-state index < -0.39 is 11.6 Å². The molecule has 0 aliphatic carbocycles. The van der Waals surface area contributed by atoms with E-state index in [9.17, 15) is 8.78 Å². The van der Waals surface area contributed by atoms with E-state index in [0.717, 1.165) is 5.69 Å². The molecular formula is C14H14F2N2. The molecule has 2 aromatic rings. The Morgan fingerprint density at radius 2 is 1.44 bits per heavy atom. The van der Waals surface area contributed by atoms with Gasteiger partial charge in [-0.15, -0.1) is 0 Å². The van der Waals surface area contributed by atoms with Crippen LogP contribution in [0.25, 0.3) is 0 Å². The highest BCUT2D eigenvalue weighted by molar-refractivity contribution is 5.63. The van der Waals surface area contributed by atoms with Crippen LogP contribution in [0, 0.1) is 11.6 Å². The van der Waals surface area contributed by atoms with Gasteiger partial charge in [-0.05, 0) is 36.4 Å². The van der Waals surface area contributed by atoms with Crippen LogP contribution in [0.15, 0.2) is 42.5 Å². The maximum atomic E-state index is 13.4. The first-order chi connectivity index (χ1) is 8.58. The second-order valence-corrected chi connectivity index (χ2v) is 4.16. The molecule has 4 heteroatoms. The molecular weight excluding hydrogens is 234 g/mol. The van der Waals surface area contributed by atoms with Gasteiger partial charge >= 0.3 is 0 Å². The molecule has 0 heterocycles. The summed E-state index contributed by atoms with van der Waals surface area (Å²) in [7, 11) is 3.86. The molecule has 0 radical (unpaired) electrons. The number of para-hydroxylation sites is 1. The van der Waals surface area contributed by atoms with Gasteiger partial charge in [-0.2, -0.15) is 0 Å². The van der Waals surface area contributed by atoms with Crippen LogP contribution in [0.3, 0.4) is 0 Å². The number of hydrogen-bond acceptors (Lipinski definition) is 2. The van der Waals surface area contributed by atoms with E-state index in [4.69, 9.17) is 0 Å². The van der Waals surface area contributed by atoms with Gasteiger partial charge in [0.2, 0.25) is 0 Å². The normalized spacial score (nSPS) is 10.2.